The van der Waals surface area contributed by atoms with E-state index in [0.717, 1.165) is 23.1 Å². The van der Waals surface area contributed by atoms with Crippen molar-refractivity contribution in [1.29, 1.82) is 5.26 Å². The van der Waals surface area contributed by atoms with E-state index in [9.17, 15) is 5.26 Å². The molecule has 2 aromatic carbocycles. The van der Waals surface area contributed by atoms with E-state index >= 15 is 0 Å². The lowest BCUT2D eigenvalue weighted by Gasteiger charge is -2.06. The van der Waals surface area contributed by atoms with Crippen LogP contribution in [0.15, 0.2) is 60.9 Å². The Morgan fingerprint density at radius 1 is 0.917 bits per heavy atom. The summed E-state index contributed by atoms with van der Waals surface area (Å²) >= 11 is 0. The van der Waals surface area contributed by atoms with Crippen LogP contribution in [0, 0.1) is 11.3 Å². The first-order valence-electron chi connectivity index (χ1n) is 8.22. The minimum absolute atomic E-state index is 0.579. The third kappa shape index (κ3) is 3.49. The fraction of sp³-hybridized carbons (Fsp3) is 0.190. The lowest BCUT2D eigenvalue weighted by atomic mass is 10.0. The maximum absolute atomic E-state index is 9.19. The summed E-state index contributed by atoms with van der Waals surface area (Å²) in [6.45, 7) is 2.21. The zero-order valence-corrected chi connectivity index (χ0v) is 13.7. The van der Waals surface area contributed by atoms with Gasteiger partial charge in [-0.15, -0.1) is 0 Å². The predicted molar refractivity (Wildman–Crippen MR) is 96.2 cm³/mol. The summed E-state index contributed by atoms with van der Waals surface area (Å²) in [6, 6.07) is 18.1. The monoisotopic (exact) mass is 313 g/mol. The Kier molecular flexibility index (Phi) is 4.98. The van der Waals surface area contributed by atoms with E-state index in [1.807, 2.05) is 30.6 Å². The molecule has 24 heavy (non-hydrogen) atoms. The Morgan fingerprint density at radius 3 is 2.29 bits per heavy atom. The molecule has 0 radical (unpaired) electrons. The second-order valence-electron chi connectivity index (χ2n) is 5.75. The minimum atomic E-state index is 0.579. The number of rotatable bonds is 5. The van der Waals surface area contributed by atoms with E-state index in [1.165, 1.54) is 18.4 Å². The van der Waals surface area contributed by atoms with E-state index < -0.39 is 0 Å². The zero-order chi connectivity index (χ0) is 16.8. The number of aromatic nitrogens is 2. The lowest BCUT2D eigenvalue weighted by Crippen LogP contribution is -1.92. The Bertz CT molecular complexity index is 844. The van der Waals surface area contributed by atoms with Gasteiger partial charge in [-0.1, -0.05) is 49.7 Å². The van der Waals surface area contributed by atoms with Crippen molar-refractivity contribution in [2.45, 2.75) is 26.2 Å². The van der Waals surface area contributed by atoms with Crippen molar-refractivity contribution in [1.82, 2.24) is 9.97 Å². The first-order chi connectivity index (χ1) is 11.8. The van der Waals surface area contributed by atoms with Crippen LogP contribution < -0.4 is 0 Å². The SMILES string of the molecule is CCCCc1ccc(-c2cnc(-c3ccccc3C#N)nc2)cc1. The summed E-state index contributed by atoms with van der Waals surface area (Å²) < 4.78 is 0. The molecule has 0 bridgehead atoms. The highest BCUT2D eigenvalue weighted by atomic mass is 14.9. The lowest BCUT2D eigenvalue weighted by molar-refractivity contribution is 0.795. The Morgan fingerprint density at radius 2 is 1.62 bits per heavy atom. The van der Waals surface area contributed by atoms with Crippen LogP contribution in [0.1, 0.15) is 30.9 Å². The van der Waals surface area contributed by atoms with Crippen molar-refractivity contribution < 1.29 is 0 Å². The summed E-state index contributed by atoms with van der Waals surface area (Å²) in [6.07, 6.45) is 7.18. The van der Waals surface area contributed by atoms with Crippen LogP contribution in [0.25, 0.3) is 22.5 Å². The van der Waals surface area contributed by atoms with Crippen LogP contribution in [0.4, 0.5) is 0 Å². The average Bonchev–Trinajstić information content (AvgIpc) is 2.67. The molecule has 3 rings (SSSR count). The van der Waals surface area contributed by atoms with Gasteiger partial charge in [-0.2, -0.15) is 5.26 Å². The van der Waals surface area contributed by atoms with Crippen LogP contribution in [0.3, 0.4) is 0 Å². The molecular weight excluding hydrogens is 294 g/mol. The molecule has 3 aromatic rings. The molecule has 3 nitrogen and oxygen atoms in total. The summed E-state index contributed by atoms with van der Waals surface area (Å²) in [5, 5.41) is 9.19. The van der Waals surface area contributed by atoms with Gasteiger partial charge in [-0.05, 0) is 36.1 Å². The number of benzene rings is 2. The van der Waals surface area contributed by atoms with Crippen molar-refractivity contribution in [2.75, 3.05) is 0 Å². The molecule has 1 heterocycles. The smallest absolute Gasteiger partial charge is 0.160 e. The van der Waals surface area contributed by atoms with Crippen LogP contribution in [0.5, 0.6) is 0 Å². The molecule has 1 aromatic heterocycles. The summed E-state index contributed by atoms with van der Waals surface area (Å²) in [7, 11) is 0. The highest BCUT2D eigenvalue weighted by Crippen LogP contribution is 2.23. The van der Waals surface area contributed by atoms with E-state index in [4.69, 9.17) is 0 Å². The molecule has 118 valence electrons. The highest BCUT2D eigenvalue weighted by molar-refractivity contribution is 5.67. The molecular formula is C21H19N3. The first-order valence-corrected chi connectivity index (χ1v) is 8.22. The first kappa shape index (κ1) is 15.9. The molecule has 0 spiro atoms. The Hall–Kier alpha value is -2.99. The molecule has 0 amide bonds. The van der Waals surface area contributed by atoms with E-state index in [0.29, 0.717) is 11.4 Å². The van der Waals surface area contributed by atoms with Gasteiger partial charge in [0, 0.05) is 23.5 Å². The van der Waals surface area contributed by atoms with Crippen molar-refractivity contribution in [3.05, 3.63) is 72.1 Å². The number of nitrogens with zero attached hydrogens (tertiary/aromatic N) is 3. The molecule has 3 heteroatoms. The number of hydrogen-bond acceptors (Lipinski definition) is 3. The zero-order valence-electron chi connectivity index (χ0n) is 13.7. The van der Waals surface area contributed by atoms with Crippen LogP contribution in [-0.2, 0) is 6.42 Å². The normalized spacial score (nSPS) is 10.3. The number of hydrogen-bond donors (Lipinski definition) is 0. The van der Waals surface area contributed by atoms with Gasteiger partial charge >= 0.3 is 0 Å². The van der Waals surface area contributed by atoms with Gasteiger partial charge in [0.15, 0.2) is 5.82 Å². The maximum Gasteiger partial charge on any atom is 0.160 e. The second kappa shape index (κ2) is 7.52. The molecule has 0 unspecified atom stereocenters. The minimum Gasteiger partial charge on any atom is -0.236 e. The van der Waals surface area contributed by atoms with Crippen LogP contribution in [-0.4, -0.2) is 9.97 Å². The van der Waals surface area contributed by atoms with Crippen LogP contribution in [0.2, 0.25) is 0 Å². The van der Waals surface area contributed by atoms with Gasteiger partial charge in [-0.25, -0.2) is 9.97 Å². The summed E-state index contributed by atoms with van der Waals surface area (Å²) in [5.74, 6) is 0.579. The molecule has 0 fully saturated rings. The number of unbranched alkanes of at least 4 members (excludes halogenated alkanes) is 1. The maximum atomic E-state index is 9.19. The summed E-state index contributed by atoms with van der Waals surface area (Å²) in [5.41, 5.74) is 4.80. The highest BCUT2D eigenvalue weighted by Gasteiger charge is 2.07. The van der Waals surface area contributed by atoms with Gasteiger partial charge in [0.2, 0.25) is 0 Å². The fourth-order valence-corrected chi connectivity index (χ4v) is 2.64. The second-order valence-corrected chi connectivity index (χ2v) is 5.75. The van der Waals surface area contributed by atoms with Gasteiger partial charge in [0.25, 0.3) is 0 Å². The number of aryl methyl sites for hydroxylation is 1. The quantitative estimate of drug-likeness (QED) is 0.664. The van der Waals surface area contributed by atoms with Crippen molar-refractivity contribution >= 4 is 0 Å². The number of nitriles is 1. The van der Waals surface area contributed by atoms with E-state index in [1.54, 1.807) is 6.07 Å². The molecule has 0 aliphatic carbocycles. The molecule has 0 aliphatic heterocycles. The average molecular weight is 313 g/mol. The van der Waals surface area contributed by atoms with Gasteiger partial charge in [-0.3, -0.25) is 0 Å². The third-order valence-electron chi connectivity index (χ3n) is 4.05. The van der Waals surface area contributed by atoms with Gasteiger partial charge < -0.3 is 0 Å². The molecule has 0 atom stereocenters. The van der Waals surface area contributed by atoms with Crippen LogP contribution >= 0.6 is 0 Å². The predicted octanol–water partition coefficient (Wildman–Crippen LogP) is 5.02. The van der Waals surface area contributed by atoms with Gasteiger partial charge in [0.05, 0.1) is 11.6 Å². The standard InChI is InChI=1S/C21H19N3/c1-2-3-6-16-9-11-17(12-10-16)19-14-23-21(24-15-19)20-8-5-4-7-18(20)13-22/h4-5,7-12,14-15H,2-3,6H2,1H3. The molecule has 0 saturated carbocycles. The topological polar surface area (TPSA) is 49.6 Å². The van der Waals surface area contributed by atoms with E-state index in [-0.39, 0.29) is 0 Å². The fourth-order valence-electron chi connectivity index (χ4n) is 2.64. The van der Waals surface area contributed by atoms with Crippen molar-refractivity contribution in [3.8, 4) is 28.6 Å². The van der Waals surface area contributed by atoms with E-state index in [2.05, 4.69) is 47.2 Å². The third-order valence-corrected chi connectivity index (χ3v) is 4.05. The molecule has 0 aliphatic rings. The van der Waals surface area contributed by atoms with Gasteiger partial charge in [0.1, 0.15) is 0 Å². The molecule has 0 saturated heterocycles. The van der Waals surface area contributed by atoms with Crippen molar-refractivity contribution in [3.63, 3.8) is 0 Å². The van der Waals surface area contributed by atoms with Crippen molar-refractivity contribution in [2.24, 2.45) is 0 Å². The largest absolute Gasteiger partial charge is 0.236 e. The molecule has 0 N–H and O–H groups in total. The Labute approximate surface area is 142 Å². The Balaban J connectivity index is 1.83. The summed E-state index contributed by atoms with van der Waals surface area (Å²) in [4.78, 5) is 8.89.